The van der Waals surface area contributed by atoms with E-state index in [0.29, 0.717) is 24.5 Å². The van der Waals surface area contributed by atoms with E-state index in [9.17, 15) is 13.2 Å². The van der Waals surface area contributed by atoms with Crippen LogP contribution in [0.4, 0.5) is 13.2 Å². The average Bonchev–Trinajstić information content (AvgIpc) is 3.06. The van der Waals surface area contributed by atoms with Crippen LogP contribution >= 0.6 is 24.0 Å². The number of nitrogens with zero attached hydrogens (tertiary/aromatic N) is 3. The Morgan fingerprint density at radius 3 is 2.66 bits per heavy atom. The molecule has 1 unspecified atom stereocenters. The van der Waals surface area contributed by atoms with E-state index in [1.807, 2.05) is 33.3 Å². The standard InChI is InChI=1S/C20H28F3N5.HI/c1-4-24-19(26-11-9-16-13-27-28(3)14-16)25-10-8-15(2)17-6-5-7-18(12-17)20(21,22)23;/h5-7,12-15H,4,8-11H2,1-3H3,(H2,24,25,26);1H. The fraction of sp³-hybridized carbons (Fsp3) is 0.500. The lowest BCUT2D eigenvalue weighted by Crippen LogP contribution is -2.38. The number of nitrogens with one attached hydrogen (secondary N) is 2. The number of aromatic nitrogens is 2. The summed E-state index contributed by atoms with van der Waals surface area (Å²) in [5.41, 5.74) is 1.22. The van der Waals surface area contributed by atoms with Gasteiger partial charge in [0.05, 0.1) is 11.8 Å². The number of aryl methyl sites for hydroxylation is 1. The zero-order valence-electron chi connectivity index (χ0n) is 17.0. The fourth-order valence-electron chi connectivity index (χ4n) is 2.83. The van der Waals surface area contributed by atoms with E-state index in [-0.39, 0.29) is 29.9 Å². The summed E-state index contributed by atoms with van der Waals surface area (Å²) in [4.78, 5) is 4.54. The Morgan fingerprint density at radius 2 is 2.03 bits per heavy atom. The highest BCUT2D eigenvalue weighted by molar-refractivity contribution is 14.0. The third-order valence-electron chi connectivity index (χ3n) is 4.42. The largest absolute Gasteiger partial charge is 0.416 e. The molecule has 0 aliphatic rings. The zero-order valence-corrected chi connectivity index (χ0v) is 19.3. The van der Waals surface area contributed by atoms with Gasteiger partial charge in [0.15, 0.2) is 5.96 Å². The lowest BCUT2D eigenvalue weighted by atomic mass is 9.96. The van der Waals surface area contributed by atoms with Gasteiger partial charge in [-0.2, -0.15) is 18.3 Å². The van der Waals surface area contributed by atoms with Crippen molar-refractivity contribution in [3.05, 3.63) is 53.3 Å². The van der Waals surface area contributed by atoms with Crippen molar-refractivity contribution >= 4 is 29.9 Å². The van der Waals surface area contributed by atoms with E-state index in [1.165, 1.54) is 12.1 Å². The third kappa shape index (κ3) is 8.63. The van der Waals surface area contributed by atoms with Crippen molar-refractivity contribution in [3.63, 3.8) is 0 Å². The molecule has 2 aromatic rings. The van der Waals surface area contributed by atoms with E-state index in [0.717, 1.165) is 31.1 Å². The first-order chi connectivity index (χ1) is 13.3. The Bertz CT molecular complexity index is 773. The summed E-state index contributed by atoms with van der Waals surface area (Å²) < 4.78 is 40.4. The Balaban J connectivity index is 0.00000420. The van der Waals surface area contributed by atoms with Crippen LogP contribution in [0, 0.1) is 0 Å². The predicted molar refractivity (Wildman–Crippen MR) is 121 cm³/mol. The van der Waals surface area contributed by atoms with Gasteiger partial charge in [-0.3, -0.25) is 9.67 Å². The van der Waals surface area contributed by atoms with Crippen molar-refractivity contribution in [2.24, 2.45) is 12.0 Å². The first kappa shape index (κ1) is 25.3. The molecule has 0 saturated carbocycles. The second-order valence-corrected chi connectivity index (χ2v) is 6.77. The molecule has 0 spiro atoms. The summed E-state index contributed by atoms with van der Waals surface area (Å²) in [5, 5.41) is 10.6. The highest BCUT2D eigenvalue weighted by Crippen LogP contribution is 2.31. The Hall–Kier alpha value is -1.78. The van der Waals surface area contributed by atoms with E-state index < -0.39 is 11.7 Å². The monoisotopic (exact) mass is 523 g/mol. The number of halogens is 4. The molecule has 29 heavy (non-hydrogen) atoms. The number of hydrogen-bond donors (Lipinski definition) is 2. The van der Waals surface area contributed by atoms with Crippen molar-refractivity contribution in [1.29, 1.82) is 0 Å². The van der Waals surface area contributed by atoms with Crippen molar-refractivity contribution in [3.8, 4) is 0 Å². The molecule has 1 heterocycles. The fourth-order valence-corrected chi connectivity index (χ4v) is 2.83. The van der Waals surface area contributed by atoms with Gasteiger partial charge in [-0.05, 0) is 42.9 Å². The Morgan fingerprint density at radius 1 is 1.28 bits per heavy atom. The van der Waals surface area contributed by atoms with Crippen LogP contribution in [-0.2, 0) is 19.6 Å². The van der Waals surface area contributed by atoms with Crippen LogP contribution in [0.25, 0.3) is 0 Å². The van der Waals surface area contributed by atoms with E-state index >= 15 is 0 Å². The summed E-state index contributed by atoms with van der Waals surface area (Å²) in [6, 6.07) is 5.53. The lowest BCUT2D eigenvalue weighted by molar-refractivity contribution is -0.137. The van der Waals surface area contributed by atoms with Crippen LogP contribution < -0.4 is 10.6 Å². The normalized spacial score (nSPS) is 13.0. The van der Waals surface area contributed by atoms with E-state index in [4.69, 9.17) is 0 Å². The maximum atomic E-state index is 12.9. The van der Waals surface area contributed by atoms with Crippen LogP contribution in [0.5, 0.6) is 0 Å². The molecule has 9 heteroatoms. The minimum atomic E-state index is -4.32. The number of rotatable bonds is 8. The van der Waals surface area contributed by atoms with Gasteiger partial charge in [0.1, 0.15) is 0 Å². The average molecular weight is 523 g/mol. The molecule has 0 amide bonds. The molecule has 2 N–H and O–H groups in total. The minimum Gasteiger partial charge on any atom is -0.357 e. The molecule has 0 saturated heterocycles. The number of aliphatic imine (C=N–C) groups is 1. The van der Waals surface area contributed by atoms with Crippen LogP contribution in [0.15, 0.2) is 41.7 Å². The molecule has 1 aromatic carbocycles. The van der Waals surface area contributed by atoms with Crippen molar-refractivity contribution < 1.29 is 13.2 Å². The van der Waals surface area contributed by atoms with Crippen molar-refractivity contribution in [2.75, 3.05) is 19.6 Å². The maximum Gasteiger partial charge on any atom is 0.416 e. The quantitative estimate of drug-likeness (QED) is 0.308. The second-order valence-electron chi connectivity index (χ2n) is 6.77. The molecule has 162 valence electrons. The molecule has 0 aliphatic carbocycles. The number of benzene rings is 1. The maximum absolute atomic E-state index is 12.9. The molecule has 1 aromatic heterocycles. The highest BCUT2D eigenvalue weighted by Gasteiger charge is 2.30. The summed E-state index contributed by atoms with van der Waals surface area (Å²) in [6.45, 7) is 5.90. The predicted octanol–water partition coefficient (Wildman–Crippen LogP) is 4.35. The van der Waals surface area contributed by atoms with Gasteiger partial charge in [0.25, 0.3) is 0 Å². The first-order valence-electron chi connectivity index (χ1n) is 9.46. The van der Waals surface area contributed by atoms with Gasteiger partial charge in [0, 0.05) is 32.9 Å². The van der Waals surface area contributed by atoms with Crippen LogP contribution in [-0.4, -0.2) is 35.4 Å². The van der Waals surface area contributed by atoms with Gasteiger partial charge < -0.3 is 10.6 Å². The van der Waals surface area contributed by atoms with Crippen LogP contribution in [0.3, 0.4) is 0 Å². The molecule has 1 atom stereocenters. The van der Waals surface area contributed by atoms with Gasteiger partial charge in [-0.15, -0.1) is 24.0 Å². The molecule has 0 fully saturated rings. The van der Waals surface area contributed by atoms with Crippen LogP contribution in [0.1, 0.15) is 42.9 Å². The topological polar surface area (TPSA) is 54.2 Å². The van der Waals surface area contributed by atoms with Gasteiger partial charge in [-0.1, -0.05) is 25.1 Å². The van der Waals surface area contributed by atoms with Gasteiger partial charge >= 0.3 is 6.18 Å². The van der Waals surface area contributed by atoms with Gasteiger partial charge in [-0.25, -0.2) is 0 Å². The molecule has 2 rings (SSSR count). The Labute approximate surface area is 187 Å². The van der Waals surface area contributed by atoms with Gasteiger partial charge in [0.2, 0.25) is 0 Å². The molecule has 0 bridgehead atoms. The van der Waals surface area contributed by atoms with E-state index in [2.05, 4.69) is 20.7 Å². The summed E-state index contributed by atoms with van der Waals surface area (Å²) in [5.74, 6) is 0.701. The second kappa shape index (κ2) is 12.0. The summed E-state index contributed by atoms with van der Waals surface area (Å²) in [7, 11) is 1.88. The first-order valence-corrected chi connectivity index (χ1v) is 9.46. The lowest BCUT2D eigenvalue weighted by Gasteiger charge is -2.15. The third-order valence-corrected chi connectivity index (χ3v) is 4.42. The SMILES string of the molecule is CCNC(=NCCC(C)c1cccc(C(F)(F)F)c1)NCCc1cnn(C)c1.I. The minimum absolute atomic E-state index is 0. The molecular formula is C20H29F3IN5. The zero-order chi connectivity index (χ0) is 20.6. The van der Waals surface area contributed by atoms with E-state index in [1.54, 1.807) is 10.7 Å². The smallest absolute Gasteiger partial charge is 0.357 e. The molecular weight excluding hydrogens is 494 g/mol. The molecule has 0 radical (unpaired) electrons. The van der Waals surface area contributed by atoms with Crippen molar-refractivity contribution in [2.45, 2.75) is 38.8 Å². The number of alkyl halides is 3. The molecule has 5 nitrogen and oxygen atoms in total. The number of guanidine groups is 1. The highest BCUT2D eigenvalue weighted by atomic mass is 127. The number of hydrogen-bond acceptors (Lipinski definition) is 2. The summed E-state index contributed by atoms with van der Waals surface area (Å²) in [6.07, 6.45) is 0.995. The van der Waals surface area contributed by atoms with Crippen LogP contribution in [0.2, 0.25) is 0 Å². The Kier molecular flexibility index (Phi) is 10.5. The summed E-state index contributed by atoms with van der Waals surface area (Å²) >= 11 is 0. The molecule has 0 aliphatic heterocycles. The van der Waals surface area contributed by atoms with Crippen molar-refractivity contribution in [1.82, 2.24) is 20.4 Å².